The van der Waals surface area contributed by atoms with Crippen LogP contribution in [0.25, 0.3) is 0 Å². The van der Waals surface area contributed by atoms with Crippen LogP contribution in [-0.2, 0) is 4.74 Å². The Morgan fingerprint density at radius 3 is 2.93 bits per heavy atom. The van der Waals surface area contributed by atoms with Gasteiger partial charge in [0, 0.05) is 0 Å². The van der Waals surface area contributed by atoms with Gasteiger partial charge in [0.05, 0.1) is 7.11 Å². The molecule has 15 heavy (non-hydrogen) atoms. The number of carbonyl (C=O) groups is 1. The number of ether oxygens (including phenoxy) is 2. The van der Waals surface area contributed by atoms with Crippen LogP contribution in [0.5, 0.6) is 5.75 Å². The standard InChI is InChI=1S/C10H10BrNO3/c1-3-6-15-8-5-4-7(10(13)14-2)12-9(8)11/h3-5H,1,6H2,2H3. The molecular weight excluding hydrogens is 262 g/mol. The summed E-state index contributed by atoms with van der Waals surface area (Å²) < 4.78 is 10.3. The number of methoxy groups -OCH3 is 1. The molecule has 80 valence electrons. The average Bonchev–Trinajstić information content (AvgIpc) is 2.26. The van der Waals surface area contributed by atoms with Crippen LogP contribution in [0, 0.1) is 0 Å². The number of esters is 1. The quantitative estimate of drug-likeness (QED) is 0.479. The maximum absolute atomic E-state index is 11.1. The monoisotopic (exact) mass is 271 g/mol. The van der Waals surface area contributed by atoms with Crippen molar-refractivity contribution in [2.45, 2.75) is 0 Å². The molecule has 0 aliphatic rings. The first-order valence-corrected chi connectivity index (χ1v) is 4.97. The van der Waals surface area contributed by atoms with Crippen LogP contribution >= 0.6 is 15.9 Å². The minimum atomic E-state index is -0.481. The van der Waals surface area contributed by atoms with Gasteiger partial charge in [0.25, 0.3) is 0 Å². The van der Waals surface area contributed by atoms with E-state index in [1.54, 1.807) is 12.1 Å². The Hall–Kier alpha value is -1.36. The first-order valence-electron chi connectivity index (χ1n) is 4.17. The Morgan fingerprint density at radius 1 is 1.67 bits per heavy atom. The minimum Gasteiger partial charge on any atom is -0.487 e. The summed E-state index contributed by atoms with van der Waals surface area (Å²) >= 11 is 3.20. The summed E-state index contributed by atoms with van der Waals surface area (Å²) in [5, 5.41) is 0. The van der Waals surface area contributed by atoms with Crippen molar-refractivity contribution >= 4 is 21.9 Å². The van der Waals surface area contributed by atoms with Crippen molar-refractivity contribution in [1.82, 2.24) is 4.98 Å². The van der Waals surface area contributed by atoms with Gasteiger partial charge in [-0.1, -0.05) is 12.7 Å². The molecule has 0 radical (unpaired) electrons. The Bertz CT molecular complexity index is 379. The van der Waals surface area contributed by atoms with Gasteiger partial charge in [-0.3, -0.25) is 0 Å². The SMILES string of the molecule is C=CCOc1ccc(C(=O)OC)nc1Br. The first-order chi connectivity index (χ1) is 7.19. The third kappa shape index (κ3) is 3.06. The van der Waals surface area contributed by atoms with Crippen LogP contribution in [0.15, 0.2) is 29.4 Å². The van der Waals surface area contributed by atoms with Gasteiger partial charge in [-0.2, -0.15) is 0 Å². The zero-order valence-electron chi connectivity index (χ0n) is 8.20. The van der Waals surface area contributed by atoms with Gasteiger partial charge in [-0.15, -0.1) is 0 Å². The van der Waals surface area contributed by atoms with Crippen LogP contribution in [0.1, 0.15) is 10.5 Å². The van der Waals surface area contributed by atoms with Gasteiger partial charge in [-0.05, 0) is 28.1 Å². The molecule has 0 N–H and O–H groups in total. The average molecular weight is 272 g/mol. The molecule has 0 aromatic carbocycles. The molecule has 0 unspecified atom stereocenters. The lowest BCUT2D eigenvalue weighted by molar-refractivity contribution is 0.0593. The largest absolute Gasteiger partial charge is 0.487 e. The second-order valence-electron chi connectivity index (χ2n) is 2.58. The molecular formula is C10H10BrNO3. The molecule has 0 amide bonds. The van der Waals surface area contributed by atoms with Gasteiger partial charge in [0.15, 0.2) is 5.75 Å². The minimum absolute atomic E-state index is 0.232. The molecule has 0 aliphatic heterocycles. The lowest BCUT2D eigenvalue weighted by Gasteiger charge is -2.05. The van der Waals surface area contributed by atoms with Crippen LogP contribution in [0.3, 0.4) is 0 Å². The molecule has 0 bridgehead atoms. The third-order valence-electron chi connectivity index (χ3n) is 1.57. The van der Waals surface area contributed by atoms with E-state index in [4.69, 9.17) is 4.74 Å². The van der Waals surface area contributed by atoms with Gasteiger partial charge in [0.2, 0.25) is 0 Å². The van der Waals surface area contributed by atoms with Crippen LogP contribution in [0.2, 0.25) is 0 Å². The third-order valence-corrected chi connectivity index (χ3v) is 2.13. The van der Waals surface area contributed by atoms with Crippen molar-refractivity contribution in [3.63, 3.8) is 0 Å². The van der Waals surface area contributed by atoms with E-state index in [1.165, 1.54) is 13.2 Å². The molecule has 0 saturated heterocycles. The van der Waals surface area contributed by atoms with Crippen LogP contribution < -0.4 is 4.74 Å². The lowest BCUT2D eigenvalue weighted by Crippen LogP contribution is -2.05. The van der Waals surface area contributed by atoms with Crippen LogP contribution in [-0.4, -0.2) is 24.7 Å². The summed E-state index contributed by atoms with van der Waals surface area (Å²) in [6.07, 6.45) is 1.63. The first kappa shape index (κ1) is 11.7. The Balaban J connectivity index is 2.87. The van der Waals surface area contributed by atoms with Crippen molar-refractivity contribution in [2.75, 3.05) is 13.7 Å². The van der Waals surface area contributed by atoms with Crippen molar-refractivity contribution in [3.05, 3.63) is 35.1 Å². The molecule has 1 aromatic rings. The Kier molecular flexibility index (Phi) is 4.30. The molecule has 4 nitrogen and oxygen atoms in total. The Morgan fingerprint density at radius 2 is 2.40 bits per heavy atom. The molecule has 1 rings (SSSR count). The zero-order chi connectivity index (χ0) is 11.3. The van der Waals surface area contributed by atoms with E-state index in [9.17, 15) is 4.79 Å². The predicted octanol–water partition coefficient (Wildman–Crippen LogP) is 2.20. The molecule has 1 aromatic heterocycles. The number of rotatable bonds is 4. The Labute approximate surface area is 96.0 Å². The smallest absolute Gasteiger partial charge is 0.356 e. The van der Waals surface area contributed by atoms with Crippen molar-refractivity contribution in [3.8, 4) is 5.75 Å². The number of carbonyl (C=O) groups excluding carboxylic acids is 1. The highest BCUT2D eigenvalue weighted by Crippen LogP contribution is 2.22. The van der Waals surface area contributed by atoms with Gasteiger partial charge in [-0.25, -0.2) is 9.78 Å². The van der Waals surface area contributed by atoms with E-state index < -0.39 is 5.97 Å². The highest BCUT2D eigenvalue weighted by Gasteiger charge is 2.10. The molecule has 0 saturated carbocycles. The fraction of sp³-hybridized carbons (Fsp3) is 0.200. The molecule has 0 spiro atoms. The van der Waals surface area contributed by atoms with E-state index in [0.29, 0.717) is 17.0 Å². The number of aromatic nitrogens is 1. The van der Waals surface area contributed by atoms with E-state index in [2.05, 4.69) is 32.2 Å². The second-order valence-corrected chi connectivity index (χ2v) is 3.33. The fourth-order valence-electron chi connectivity index (χ4n) is 0.896. The molecule has 5 heteroatoms. The maximum Gasteiger partial charge on any atom is 0.356 e. The molecule has 0 atom stereocenters. The van der Waals surface area contributed by atoms with Crippen LogP contribution in [0.4, 0.5) is 0 Å². The van der Waals surface area contributed by atoms with Gasteiger partial charge in [0.1, 0.15) is 16.9 Å². The molecule has 1 heterocycles. The summed E-state index contributed by atoms with van der Waals surface area (Å²) in [7, 11) is 1.31. The summed E-state index contributed by atoms with van der Waals surface area (Å²) in [6.45, 7) is 3.92. The summed E-state index contributed by atoms with van der Waals surface area (Å²) in [5.74, 6) is 0.0773. The maximum atomic E-state index is 11.1. The predicted molar refractivity (Wildman–Crippen MR) is 59.0 cm³/mol. The normalized spacial score (nSPS) is 9.47. The van der Waals surface area contributed by atoms with E-state index in [0.717, 1.165) is 0 Å². The van der Waals surface area contributed by atoms with Crippen molar-refractivity contribution in [2.24, 2.45) is 0 Å². The highest BCUT2D eigenvalue weighted by molar-refractivity contribution is 9.10. The van der Waals surface area contributed by atoms with E-state index >= 15 is 0 Å². The van der Waals surface area contributed by atoms with Gasteiger partial charge < -0.3 is 9.47 Å². The summed E-state index contributed by atoms with van der Waals surface area (Å²) in [6, 6.07) is 3.18. The topological polar surface area (TPSA) is 48.4 Å². The van der Waals surface area contributed by atoms with Gasteiger partial charge >= 0.3 is 5.97 Å². The lowest BCUT2D eigenvalue weighted by atomic mass is 10.3. The number of pyridine rings is 1. The second kappa shape index (κ2) is 5.50. The fourth-order valence-corrected chi connectivity index (χ4v) is 1.33. The zero-order valence-corrected chi connectivity index (χ0v) is 9.78. The van der Waals surface area contributed by atoms with E-state index in [-0.39, 0.29) is 5.69 Å². The number of hydrogen-bond acceptors (Lipinski definition) is 4. The molecule has 0 aliphatic carbocycles. The van der Waals surface area contributed by atoms with Crippen molar-refractivity contribution < 1.29 is 14.3 Å². The summed E-state index contributed by atoms with van der Waals surface area (Å²) in [5.41, 5.74) is 0.232. The molecule has 0 fully saturated rings. The van der Waals surface area contributed by atoms with Crippen molar-refractivity contribution in [1.29, 1.82) is 0 Å². The van der Waals surface area contributed by atoms with E-state index in [1.807, 2.05) is 0 Å². The number of halogens is 1. The summed E-state index contributed by atoms with van der Waals surface area (Å²) in [4.78, 5) is 15.1. The number of hydrogen-bond donors (Lipinski definition) is 0. The number of nitrogens with zero attached hydrogens (tertiary/aromatic N) is 1. The highest BCUT2D eigenvalue weighted by atomic mass is 79.9.